The van der Waals surface area contributed by atoms with E-state index >= 15 is 0 Å². The molecule has 1 fully saturated rings. The molecule has 1 saturated heterocycles. The number of nitrogens with one attached hydrogen (secondary N) is 1. The van der Waals surface area contributed by atoms with Crippen LogP contribution in [0.2, 0.25) is 0 Å². The first-order chi connectivity index (χ1) is 14.0. The summed E-state index contributed by atoms with van der Waals surface area (Å²) in [5.74, 6) is 0. The van der Waals surface area contributed by atoms with Crippen LogP contribution in [-0.2, 0) is 14.5 Å². The number of rotatable bonds is 14. The Morgan fingerprint density at radius 3 is 2.31 bits per heavy atom. The van der Waals surface area contributed by atoms with Gasteiger partial charge in [-0.1, -0.05) is 38.5 Å². The largest absolute Gasteiger partial charge is 0.387 e. The van der Waals surface area contributed by atoms with Crippen molar-refractivity contribution in [3.05, 3.63) is 33.1 Å². The minimum Gasteiger partial charge on any atom is -0.387 e. The van der Waals surface area contributed by atoms with Gasteiger partial charge in [0.2, 0.25) is 0 Å². The molecule has 0 aromatic carbocycles. The van der Waals surface area contributed by atoms with Crippen molar-refractivity contribution in [1.29, 1.82) is 0 Å². The Bertz CT molecular complexity index is 696. The van der Waals surface area contributed by atoms with Crippen LogP contribution in [0.5, 0.6) is 0 Å². The first-order valence-electron chi connectivity index (χ1n) is 10.2. The average Bonchev–Trinajstić information content (AvgIpc) is 2.97. The molecule has 0 unspecified atom stereocenters. The lowest BCUT2D eigenvalue weighted by Crippen LogP contribution is -2.37. The summed E-state index contributed by atoms with van der Waals surface area (Å²) in [5.41, 5.74) is -1.31. The number of aromatic nitrogens is 2. The van der Waals surface area contributed by atoms with Gasteiger partial charge in [-0.3, -0.25) is 18.7 Å². The van der Waals surface area contributed by atoms with Gasteiger partial charge in [-0.25, -0.2) is 14.6 Å². The highest BCUT2D eigenvalue weighted by Gasteiger charge is 2.44. The lowest BCUT2D eigenvalue weighted by molar-refractivity contribution is -0.310. The van der Waals surface area contributed by atoms with E-state index in [0.717, 1.165) is 55.6 Å². The second kappa shape index (κ2) is 12.9. The van der Waals surface area contributed by atoms with Crippen molar-refractivity contribution in [3.8, 4) is 0 Å². The normalized spacial score (nSPS) is 24.2. The van der Waals surface area contributed by atoms with Gasteiger partial charge in [0.15, 0.2) is 6.23 Å². The lowest BCUT2D eigenvalue weighted by Gasteiger charge is -2.16. The molecule has 10 heteroatoms. The number of unbranched alkanes of at least 4 members (excludes halogenated alkanes) is 7. The van der Waals surface area contributed by atoms with Crippen LogP contribution < -0.4 is 11.2 Å². The summed E-state index contributed by atoms with van der Waals surface area (Å²) in [5, 5.41) is 20.2. The van der Waals surface area contributed by atoms with E-state index in [1.165, 1.54) is 6.20 Å². The van der Waals surface area contributed by atoms with E-state index in [0.29, 0.717) is 13.0 Å². The van der Waals surface area contributed by atoms with Crippen molar-refractivity contribution in [2.24, 2.45) is 0 Å². The molecule has 9 nitrogen and oxygen atoms in total. The first kappa shape index (κ1) is 23.7. The molecule has 166 valence electrons. The van der Waals surface area contributed by atoms with E-state index in [1.54, 1.807) is 0 Å². The number of nitrogens with zero attached hydrogens (tertiary/aromatic N) is 1. The SMILES string of the molecule is O=c1ccn([C@@H]2O[C@H](COOCCCCCCCCCCF)[C@@H](O)[C@H]2O)c(=O)[nH]1. The maximum atomic E-state index is 12.0. The van der Waals surface area contributed by atoms with Crippen LogP contribution in [0.15, 0.2) is 21.9 Å². The quantitative estimate of drug-likeness (QED) is 0.236. The highest BCUT2D eigenvalue weighted by atomic mass is 19.1. The molecule has 2 rings (SSSR count). The van der Waals surface area contributed by atoms with Gasteiger partial charge in [-0.2, -0.15) is 0 Å². The van der Waals surface area contributed by atoms with E-state index in [-0.39, 0.29) is 13.3 Å². The van der Waals surface area contributed by atoms with Crippen molar-refractivity contribution in [3.63, 3.8) is 0 Å². The predicted octanol–water partition coefficient (Wildman–Crippen LogP) is 1.19. The Kier molecular flexibility index (Phi) is 10.5. The highest BCUT2D eigenvalue weighted by molar-refractivity contribution is 4.93. The van der Waals surface area contributed by atoms with Gasteiger partial charge < -0.3 is 14.9 Å². The molecule has 4 atom stereocenters. The maximum absolute atomic E-state index is 12.0. The fraction of sp³-hybridized carbons (Fsp3) is 0.789. The molecular weight excluding hydrogens is 387 g/mol. The first-order valence-corrected chi connectivity index (χ1v) is 10.2. The molecule has 0 spiro atoms. The Labute approximate surface area is 168 Å². The van der Waals surface area contributed by atoms with Gasteiger partial charge >= 0.3 is 5.69 Å². The van der Waals surface area contributed by atoms with E-state index in [2.05, 4.69) is 4.98 Å². The minimum atomic E-state index is -1.35. The van der Waals surface area contributed by atoms with E-state index in [9.17, 15) is 24.2 Å². The van der Waals surface area contributed by atoms with Crippen molar-refractivity contribution < 1.29 is 29.1 Å². The Hall–Kier alpha value is -1.59. The number of aromatic amines is 1. The van der Waals surface area contributed by atoms with Gasteiger partial charge in [0, 0.05) is 12.3 Å². The summed E-state index contributed by atoms with van der Waals surface area (Å²) in [6, 6.07) is 1.13. The van der Waals surface area contributed by atoms with Crippen LogP contribution in [0.4, 0.5) is 4.39 Å². The monoisotopic (exact) mass is 418 g/mol. The topological polar surface area (TPSA) is 123 Å². The van der Waals surface area contributed by atoms with Gasteiger partial charge in [0.25, 0.3) is 5.56 Å². The maximum Gasteiger partial charge on any atom is 0.330 e. The molecule has 1 aromatic heterocycles. The summed E-state index contributed by atoms with van der Waals surface area (Å²) in [4.78, 5) is 35.2. The Balaban J connectivity index is 1.59. The Morgan fingerprint density at radius 2 is 1.66 bits per heavy atom. The van der Waals surface area contributed by atoms with Gasteiger partial charge in [-0.05, 0) is 12.8 Å². The van der Waals surface area contributed by atoms with Crippen LogP contribution in [0.1, 0.15) is 57.6 Å². The summed E-state index contributed by atoms with van der Waals surface area (Å²) < 4.78 is 18.5. The van der Waals surface area contributed by atoms with Gasteiger partial charge in [-0.15, -0.1) is 0 Å². The van der Waals surface area contributed by atoms with Crippen LogP contribution in [-0.4, -0.2) is 58.0 Å². The third-order valence-corrected chi connectivity index (χ3v) is 4.89. The zero-order valence-electron chi connectivity index (χ0n) is 16.5. The number of hydrogen-bond donors (Lipinski definition) is 3. The second-order valence-electron chi connectivity index (χ2n) is 7.19. The molecule has 2 heterocycles. The van der Waals surface area contributed by atoms with E-state index in [1.807, 2.05) is 0 Å². The van der Waals surface area contributed by atoms with Crippen molar-refractivity contribution >= 4 is 0 Å². The number of ether oxygens (including phenoxy) is 1. The van der Waals surface area contributed by atoms with E-state index in [4.69, 9.17) is 14.5 Å². The van der Waals surface area contributed by atoms with Crippen molar-refractivity contribution in [2.75, 3.05) is 19.9 Å². The zero-order chi connectivity index (χ0) is 21.1. The van der Waals surface area contributed by atoms with Crippen molar-refractivity contribution in [1.82, 2.24) is 9.55 Å². The molecule has 29 heavy (non-hydrogen) atoms. The molecule has 0 amide bonds. The highest BCUT2D eigenvalue weighted by Crippen LogP contribution is 2.28. The number of alkyl halides is 1. The van der Waals surface area contributed by atoms with Crippen LogP contribution in [0.3, 0.4) is 0 Å². The molecule has 1 aliphatic rings. The summed E-state index contributed by atoms with van der Waals surface area (Å²) in [6.07, 6.45) is 4.43. The van der Waals surface area contributed by atoms with Crippen LogP contribution in [0.25, 0.3) is 0 Å². The fourth-order valence-electron chi connectivity index (χ4n) is 3.21. The number of halogens is 1. The van der Waals surface area contributed by atoms with Gasteiger partial charge in [0.05, 0.1) is 13.3 Å². The van der Waals surface area contributed by atoms with Crippen LogP contribution >= 0.6 is 0 Å². The number of hydrogen-bond acceptors (Lipinski definition) is 7. The van der Waals surface area contributed by atoms with Crippen molar-refractivity contribution in [2.45, 2.75) is 75.9 Å². The molecule has 3 N–H and O–H groups in total. The third kappa shape index (κ3) is 7.63. The van der Waals surface area contributed by atoms with Gasteiger partial charge in [0.1, 0.15) is 24.9 Å². The second-order valence-corrected chi connectivity index (χ2v) is 7.19. The minimum absolute atomic E-state index is 0.110. The number of aliphatic hydroxyl groups excluding tert-OH is 2. The smallest absolute Gasteiger partial charge is 0.330 e. The average molecular weight is 418 g/mol. The molecule has 1 aromatic rings. The predicted molar refractivity (Wildman–Crippen MR) is 102 cm³/mol. The number of H-pyrrole nitrogens is 1. The molecular formula is C19H31FN2O7. The standard InChI is InChI=1S/C19H31FN2O7/c20-10-7-5-3-1-2-4-6-8-12-27-28-13-14-16(24)17(25)18(29-14)22-11-9-15(23)21-19(22)26/h9,11,14,16-18,24-25H,1-8,10,12-13H2,(H,21,23,26)/t14-,16-,17-,18-/m1/s1. The molecule has 0 bridgehead atoms. The third-order valence-electron chi connectivity index (χ3n) is 4.89. The molecule has 1 aliphatic heterocycles. The van der Waals surface area contributed by atoms with Crippen LogP contribution in [0, 0.1) is 0 Å². The summed E-state index contributed by atoms with van der Waals surface area (Å²) in [7, 11) is 0. The number of aliphatic hydroxyl groups is 2. The lowest BCUT2D eigenvalue weighted by atomic mass is 10.1. The summed E-state index contributed by atoms with van der Waals surface area (Å²) >= 11 is 0. The van der Waals surface area contributed by atoms with E-state index < -0.39 is 35.8 Å². The molecule has 0 saturated carbocycles. The Morgan fingerprint density at radius 1 is 1.00 bits per heavy atom. The molecule has 0 aliphatic carbocycles. The summed E-state index contributed by atoms with van der Waals surface area (Å²) in [6.45, 7) is 0.0585. The fourth-order valence-corrected chi connectivity index (χ4v) is 3.21. The zero-order valence-corrected chi connectivity index (χ0v) is 16.5. The molecule has 0 radical (unpaired) electrons.